The molecule has 16 heavy (non-hydrogen) atoms. The Kier molecular flexibility index (Phi) is 2.14. The highest BCUT2D eigenvalue weighted by molar-refractivity contribution is 7.18. The summed E-state index contributed by atoms with van der Waals surface area (Å²) in [6, 6.07) is 0. The molecule has 0 amide bonds. The van der Waals surface area contributed by atoms with Crippen molar-refractivity contribution in [1.82, 2.24) is 9.97 Å². The first-order valence-corrected chi connectivity index (χ1v) is 6.48. The van der Waals surface area contributed by atoms with E-state index in [9.17, 15) is 4.79 Å². The molecule has 1 atom stereocenters. The molecule has 1 aliphatic carbocycles. The third kappa shape index (κ3) is 1.40. The number of aromatic nitrogens is 2. The van der Waals surface area contributed by atoms with Crippen molar-refractivity contribution < 1.29 is 0 Å². The van der Waals surface area contributed by atoms with Gasteiger partial charge in [-0.2, -0.15) is 0 Å². The van der Waals surface area contributed by atoms with Gasteiger partial charge in [0.1, 0.15) is 10.7 Å². The molecule has 3 nitrogen and oxygen atoms in total. The van der Waals surface area contributed by atoms with Crippen molar-refractivity contribution in [1.29, 1.82) is 0 Å². The summed E-state index contributed by atoms with van der Waals surface area (Å²) >= 11 is 1.70. The number of rotatable bonds is 0. The molecule has 1 aliphatic rings. The fourth-order valence-electron chi connectivity index (χ4n) is 2.46. The normalized spacial score (nSPS) is 20.0. The lowest BCUT2D eigenvalue weighted by atomic mass is 9.89. The van der Waals surface area contributed by atoms with Crippen LogP contribution in [0.5, 0.6) is 0 Å². The summed E-state index contributed by atoms with van der Waals surface area (Å²) in [5, 5.41) is 0.845. The summed E-state index contributed by atoms with van der Waals surface area (Å²) in [4.78, 5) is 21.4. The second-order valence-corrected chi connectivity index (χ2v) is 5.77. The maximum atomic E-state index is 11.9. The Balaban J connectivity index is 2.33. The predicted octanol–water partition coefficient (Wildman–Crippen LogP) is 2.42. The van der Waals surface area contributed by atoms with Gasteiger partial charge in [0, 0.05) is 4.88 Å². The van der Waals surface area contributed by atoms with E-state index in [2.05, 4.69) is 16.9 Å². The first-order valence-electron chi connectivity index (χ1n) is 5.66. The molecular formula is C12H14N2OS. The molecule has 1 N–H and O–H groups in total. The maximum Gasteiger partial charge on any atom is 0.259 e. The molecule has 2 aromatic heterocycles. The van der Waals surface area contributed by atoms with Gasteiger partial charge in [-0.1, -0.05) is 6.92 Å². The highest BCUT2D eigenvalue weighted by atomic mass is 32.1. The highest BCUT2D eigenvalue weighted by Crippen LogP contribution is 2.35. The van der Waals surface area contributed by atoms with E-state index in [0.29, 0.717) is 5.82 Å². The average molecular weight is 234 g/mol. The van der Waals surface area contributed by atoms with E-state index in [4.69, 9.17) is 0 Å². The van der Waals surface area contributed by atoms with E-state index in [1.54, 1.807) is 11.3 Å². The lowest BCUT2D eigenvalue weighted by Gasteiger charge is -2.17. The third-order valence-electron chi connectivity index (χ3n) is 3.28. The van der Waals surface area contributed by atoms with Gasteiger partial charge < -0.3 is 4.98 Å². The summed E-state index contributed by atoms with van der Waals surface area (Å²) in [5.41, 5.74) is 1.29. The first-order chi connectivity index (χ1) is 7.65. The molecule has 3 rings (SSSR count). The SMILES string of the molecule is Cc1nc2sc3c(c2c(=O)[nH]1)CC[C@H](C)C3. The van der Waals surface area contributed by atoms with Crippen molar-refractivity contribution in [2.24, 2.45) is 5.92 Å². The van der Waals surface area contributed by atoms with Crippen LogP contribution in [0.15, 0.2) is 4.79 Å². The fraction of sp³-hybridized carbons (Fsp3) is 0.500. The van der Waals surface area contributed by atoms with Crippen molar-refractivity contribution in [2.45, 2.75) is 33.1 Å². The minimum Gasteiger partial charge on any atom is -0.310 e. The molecule has 0 aliphatic heterocycles. The van der Waals surface area contributed by atoms with E-state index in [1.807, 2.05) is 6.92 Å². The van der Waals surface area contributed by atoms with E-state index < -0.39 is 0 Å². The Morgan fingerprint density at radius 1 is 1.50 bits per heavy atom. The molecule has 0 fully saturated rings. The molecule has 84 valence electrons. The van der Waals surface area contributed by atoms with Gasteiger partial charge >= 0.3 is 0 Å². The van der Waals surface area contributed by atoms with Crippen LogP contribution in [0.4, 0.5) is 0 Å². The van der Waals surface area contributed by atoms with Gasteiger partial charge in [-0.25, -0.2) is 4.98 Å². The molecule has 0 spiro atoms. The van der Waals surface area contributed by atoms with Crippen LogP contribution in [0.25, 0.3) is 10.2 Å². The Morgan fingerprint density at radius 3 is 3.12 bits per heavy atom. The predicted molar refractivity (Wildman–Crippen MR) is 66.2 cm³/mol. The zero-order valence-electron chi connectivity index (χ0n) is 9.46. The fourth-order valence-corrected chi connectivity index (χ4v) is 3.89. The van der Waals surface area contributed by atoms with E-state index in [-0.39, 0.29) is 5.56 Å². The molecule has 2 heterocycles. The van der Waals surface area contributed by atoms with E-state index >= 15 is 0 Å². The van der Waals surface area contributed by atoms with Gasteiger partial charge in [0.15, 0.2) is 0 Å². The van der Waals surface area contributed by atoms with Crippen molar-refractivity contribution in [3.05, 3.63) is 26.6 Å². The topological polar surface area (TPSA) is 45.8 Å². The zero-order valence-corrected chi connectivity index (χ0v) is 10.3. The van der Waals surface area contributed by atoms with Gasteiger partial charge in [0.2, 0.25) is 0 Å². The Bertz CT molecular complexity index is 611. The summed E-state index contributed by atoms with van der Waals surface area (Å²) in [6.45, 7) is 4.11. The monoisotopic (exact) mass is 234 g/mol. The molecule has 4 heteroatoms. The second-order valence-electron chi connectivity index (χ2n) is 4.68. The Labute approximate surface area is 97.5 Å². The summed E-state index contributed by atoms with van der Waals surface area (Å²) in [5.74, 6) is 1.45. The lowest BCUT2D eigenvalue weighted by Crippen LogP contribution is -2.13. The smallest absolute Gasteiger partial charge is 0.259 e. The molecule has 0 saturated carbocycles. The number of aryl methyl sites for hydroxylation is 2. The van der Waals surface area contributed by atoms with Crippen LogP contribution in [0.3, 0.4) is 0 Å². The molecule has 0 unspecified atom stereocenters. The van der Waals surface area contributed by atoms with Crippen LogP contribution in [0.1, 0.15) is 29.6 Å². The number of aromatic amines is 1. The number of H-pyrrole nitrogens is 1. The van der Waals surface area contributed by atoms with Crippen molar-refractivity contribution in [3.63, 3.8) is 0 Å². The number of thiophene rings is 1. The van der Waals surface area contributed by atoms with Crippen LogP contribution in [-0.2, 0) is 12.8 Å². The van der Waals surface area contributed by atoms with Gasteiger partial charge in [0.05, 0.1) is 5.39 Å². The van der Waals surface area contributed by atoms with E-state index in [1.165, 1.54) is 16.9 Å². The van der Waals surface area contributed by atoms with E-state index in [0.717, 1.165) is 29.0 Å². The Hall–Kier alpha value is -1.16. The van der Waals surface area contributed by atoms with Crippen LogP contribution >= 0.6 is 11.3 Å². The molecular weight excluding hydrogens is 220 g/mol. The standard InChI is InChI=1S/C12H14N2OS/c1-6-3-4-8-9(5-6)16-12-10(8)11(15)13-7(2)14-12/h6H,3-5H2,1-2H3,(H,13,14,15)/t6-/m0/s1. The quantitative estimate of drug-likeness (QED) is 0.761. The van der Waals surface area contributed by atoms with Crippen molar-refractivity contribution in [3.8, 4) is 0 Å². The Morgan fingerprint density at radius 2 is 2.31 bits per heavy atom. The van der Waals surface area contributed by atoms with Crippen LogP contribution in [0.2, 0.25) is 0 Å². The van der Waals surface area contributed by atoms with Crippen LogP contribution in [0, 0.1) is 12.8 Å². The zero-order chi connectivity index (χ0) is 11.3. The van der Waals surface area contributed by atoms with Gasteiger partial charge in [-0.3, -0.25) is 4.79 Å². The summed E-state index contributed by atoms with van der Waals surface area (Å²) < 4.78 is 0. The van der Waals surface area contributed by atoms with Crippen LogP contribution < -0.4 is 5.56 Å². The third-order valence-corrected chi connectivity index (χ3v) is 4.43. The lowest BCUT2D eigenvalue weighted by molar-refractivity contribution is 0.509. The molecule has 0 aromatic carbocycles. The van der Waals surface area contributed by atoms with Gasteiger partial charge in [-0.05, 0) is 37.7 Å². The average Bonchev–Trinajstić information content (AvgIpc) is 2.54. The van der Waals surface area contributed by atoms with Crippen LogP contribution in [-0.4, -0.2) is 9.97 Å². The minimum atomic E-state index is 0.0366. The molecule has 0 bridgehead atoms. The highest BCUT2D eigenvalue weighted by Gasteiger charge is 2.22. The summed E-state index contributed by atoms with van der Waals surface area (Å²) in [6.07, 6.45) is 3.32. The largest absolute Gasteiger partial charge is 0.310 e. The first kappa shape index (κ1) is 10.0. The van der Waals surface area contributed by atoms with Crippen molar-refractivity contribution >= 4 is 21.6 Å². The maximum absolute atomic E-state index is 11.9. The molecule has 0 radical (unpaired) electrons. The van der Waals surface area contributed by atoms with Gasteiger partial charge in [-0.15, -0.1) is 11.3 Å². The molecule has 0 saturated heterocycles. The second kappa shape index (κ2) is 3.42. The number of hydrogen-bond acceptors (Lipinski definition) is 3. The number of hydrogen-bond donors (Lipinski definition) is 1. The van der Waals surface area contributed by atoms with Gasteiger partial charge in [0.25, 0.3) is 5.56 Å². The van der Waals surface area contributed by atoms with Crippen molar-refractivity contribution in [2.75, 3.05) is 0 Å². The molecule has 2 aromatic rings. The summed E-state index contributed by atoms with van der Waals surface area (Å²) in [7, 11) is 0. The number of nitrogens with zero attached hydrogens (tertiary/aromatic N) is 1. The number of nitrogens with one attached hydrogen (secondary N) is 1. The minimum absolute atomic E-state index is 0.0366. The number of fused-ring (bicyclic) bond motifs is 3.